The number of hydrogen-bond donors (Lipinski definition) is 1. The van der Waals surface area contributed by atoms with E-state index in [1.165, 1.54) is 28.8 Å². The SMILES string of the molecule is O=S(=O)(NCCOc1ccc2nnc(-c3cccc(F)c3)n2n1)c1cccc(F)c1. The maximum Gasteiger partial charge on any atom is 0.240 e. The van der Waals surface area contributed by atoms with Crippen LogP contribution >= 0.6 is 0 Å². The summed E-state index contributed by atoms with van der Waals surface area (Å²) in [7, 11) is -3.86. The molecule has 30 heavy (non-hydrogen) atoms. The third kappa shape index (κ3) is 4.26. The van der Waals surface area contributed by atoms with Gasteiger partial charge in [0.05, 0.1) is 4.90 Å². The lowest BCUT2D eigenvalue weighted by Gasteiger charge is -2.08. The van der Waals surface area contributed by atoms with E-state index in [9.17, 15) is 17.2 Å². The molecular weight excluding hydrogens is 416 g/mol. The molecular formula is C19H15F2N5O3S. The Kier molecular flexibility index (Phi) is 5.38. The molecule has 0 spiro atoms. The Bertz CT molecular complexity index is 1310. The maximum atomic E-state index is 13.5. The van der Waals surface area contributed by atoms with Gasteiger partial charge in [-0.15, -0.1) is 15.3 Å². The molecule has 8 nitrogen and oxygen atoms in total. The summed E-state index contributed by atoms with van der Waals surface area (Å²) in [5, 5.41) is 12.3. The van der Waals surface area contributed by atoms with Crippen LogP contribution in [-0.2, 0) is 10.0 Å². The van der Waals surface area contributed by atoms with Crippen LogP contribution < -0.4 is 9.46 Å². The Morgan fingerprint density at radius 3 is 2.50 bits per heavy atom. The third-order valence-corrected chi connectivity index (χ3v) is 5.53. The Morgan fingerprint density at radius 2 is 1.73 bits per heavy atom. The molecule has 0 radical (unpaired) electrons. The highest BCUT2D eigenvalue weighted by Crippen LogP contribution is 2.19. The van der Waals surface area contributed by atoms with Gasteiger partial charge in [-0.3, -0.25) is 0 Å². The van der Waals surface area contributed by atoms with E-state index in [4.69, 9.17) is 4.74 Å². The second-order valence-electron chi connectivity index (χ2n) is 6.18. The number of fused-ring (bicyclic) bond motifs is 1. The molecule has 0 aliphatic carbocycles. The van der Waals surface area contributed by atoms with Crippen molar-refractivity contribution in [2.45, 2.75) is 4.90 Å². The van der Waals surface area contributed by atoms with Crippen molar-refractivity contribution in [2.24, 2.45) is 0 Å². The van der Waals surface area contributed by atoms with Crippen molar-refractivity contribution in [2.75, 3.05) is 13.2 Å². The summed E-state index contributed by atoms with van der Waals surface area (Å²) < 4.78 is 60.3. The largest absolute Gasteiger partial charge is 0.475 e. The lowest BCUT2D eigenvalue weighted by atomic mass is 10.2. The van der Waals surface area contributed by atoms with Gasteiger partial charge in [-0.2, -0.15) is 4.52 Å². The first-order chi connectivity index (χ1) is 14.4. The first-order valence-corrected chi connectivity index (χ1v) is 10.3. The highest BCUT2D eigenvalue weighted by molar-refractivity contribution is 7.89. The van der Waals surface area contributed by atoms with Crippen LogP contribution in [0.1, 0.15) is 0 Å². The molecule has 0 saturated carbocycles. The molecule has 0 bridgehead atoms. The minimum absolute atomic E-state index is 0.0233. The fourth-order valence-corrected chi connectivity index (χ4v) is 3.75. The van der Waals surface area contributed by atoms with Gasteiger partial charge >= 0.3 is 0 Å². The van der Waals surface area contributed by atoms with Crippen molar-refractivity contribution in [3.63, 3.8) is 0 Å². The van der Waals surface area contributed by atoms with E-state index in [2.05, 4.69) is 20.0 Å². The van der Waals surface area contributed by atoms with Crippen molar-refractivity contribution in [1.29, 1.82) is 0 Å². The fraction of sp³-hybridized carbons (Fsp3) is 0.105. The zero-order valence-corrected chi connectivity index (χ0v) is 16.2. The fourth-order valence-electron chi connectivity index (χ4n) is 2.71. The lowest BCUT2D eigenvalue weighted by molar-refractivity contribution is 0.306. The molecule has 0 aliphatic heterocycles. The Hall–Kier alpha value is -3.44. The minimum atomic E-state index is -3.86. The van der Waals surface area contributed by atoms with Crippen molar-refractivity contribution in [1.82, 2.24) is 24.5 Å². The van der Waals surface area contributed by atoms with Crippen LogP contribution in [-0.4, -0.2) is 41.4 Å². The Morgan fingerprint density at radius 1 is 0.967 bits per heavy atom. The first kappa shape index (κ1) is 19.9. The molecule has 0 saturated heterocycles. The van der Waals surface area contributed by atoms with Crippen LogP contribution in [0.15, 0.2) is 65.6 Å². The number of nitrogens with one attached hydrogen (secondary N) is 1. The van der Waals surface area contributed by atoms with E-state index in [1.54, 1.807) is 24.3 Å². The second kappa shape index (κ2) is 8.13. The van der Waals surface area contributed by atoms with Gasteiger partial charge in [0, 0.05) is 18.2 Å². The second-order valence-corrected chi connectivity index (χ2v) is 7.95. The molecule has 2 heterocycles. The number of halogens is 2. The average Bonchev–Trinajstić information content (AvgIpc) is 3.14. The number of nitrogens with zero attached hydrogens (tertiary/aromatic N) is 4. The molecule has 0 unspecified atom stereocenters. The number of rotatable bonds is 7. The highest BCUT2D eigenvalue weighted by Gasteiger charge is 2.14. The monoisotopic (exact) mass is 431 g/mol. The molecule has 0 atom stereocenters. The maximum absolute atomic E-state index is 13.5. The predicted molar refractivity (Wildman–Crippen MR) is 103 cm³/mol. The lowest BCUT2D eigenvalue weighted by Crippen LogP contribution is -2.28. The van der Waals surface area contributed by atoms with Crippen LogP contribution in [0.4, 0.5) is 8.78 Å². The normalized spacial score (nSPS) is 11.7. The molecule has 4 aromatic rings. The summed E-state index contributed by atoms with van der Waals surface area (Å²) in [6.45, 7) is -0.0814. The zero-order chi connectivity index (χ0) is 21.1. The molecule has 154 valence electrons. The van der Waals surface area contributed by atoms with Gasteiger partial charge in [-0.25, -0.2) is 21.9 Å². The number of aromatic nitrogens is 4. The Labute approximate surface area is 170 Å². The van der Waals surface area contributed by atoms with Crippen LogP contribution in [0, 0.1) is 11.6 Å². The summed E-state index contributed by atoms with van der Waals surface area (Å²) in [6.07, 6.45) is 0. The van der Waals surface area contributed by atoms with E-state index in [0.29, 0.717) is 17.0 Å². The highest BCUT2D eigenvalue weighted by atomic mass is 32.2. The molecule has 0 fully saturated rings. The van der Waals surface area contributed by atoms with Gasteiger partial charge in [0.2, 0.25) is 15.9 Å². The van der Waals surface area contributed by atoms with Gasteiger partial charge in [0.1, 0.15) is 18.2 Å². The van der Waals surface area contributed by atoms with Crippen LogP contribution in [0.25, 0.3) is 17.0 Å². The van der Waals surface area contributed by atoms with E-state index in [1.807, 2.05) is 0 Å². The van der Waals surface area contributed by atoms with Gasteiger partial charge in [0.25, 0.3) is 0 Å². The molecule has 11 heteroatoms. The van der Waals surface area contributed by atoms with Crippen molar-refractivity contribution >= 4 is 15.7 Å². The predicted octanol–water partition coefficient (Wildman–Crippen LogP) is 2.43. The minimum Gasteiger partial charge on any atom is -0.475 e. The summed E-state index contributed by atoms with van der Waals surface area (Å²) >= 11 is 0. The van der Waals surface area contributed by atoms with E-state index in [0.717, 1.165) is 12.1 Å². The number of hydrogen-bond acceptors (Lipinski definition) is 6. The average molecular weight is 431 g/mol. The van der Waals surface area contributed by atoms with Crippen molar-refractivity contribution in [3.05, 3.63) is 72.3 Å². The van der Waals surface area contributed by atoms with Crippen LogP contribution in [0.2, 0.25) is 0 Å². The molecule has 0 aliphatic rings. The zero-order valence-electron chi connectivity index (χ0n) is 15.4. The molecule has 2 aromatic heterocycles. The van der Waals surface area contributed by atoms with Gasteiger partial charge in [-0.05, 0) is 36.4 Å². The number of sulfonamides is 1. The molecule has 0 amide bonds. The van der Waals surface area contributed by atoms with Gasteiger partial charge in [-0.1, -0.05) is 18.2 Å². The summed E-state index contributed by atoms with van der Waals surface area (Å²) in [5.41, 5.74) is 0.934. The van der Waals surface area contributed by atoms with Gasteiger partial charge in [0.15, 0.2) is 11.5 Å². The quantitative estimate of drug-likeness (QED) is 0.452. The number of benzene rings is 2. The molecule has 4 rings (SSSR count). The van der Waals surface area contributed by atoms with Crippen molar-refractivity contribution < 1.29 is 21.9 Å². The van der Waals surface area contributed by atoms with E-state index < -0.39 is 21.7 Å². The smallest absolute Gasteiger partial charge is 0.240 e. The van der Waals surface area contributed by atoms with Gasteiger partial charge < -0.3 is 4.74 Å². The van der Waals surface area contributed by atoms with E-state index in [-0.39, 0.29) is 23.9 Å². The topological polar surface area (TPSA) is 98.5 Å². The standard InChI is InChI=1S/C19H15F2N5O3S/c20-14-4-1-3-13(11-14)19-24-23-17-7-8-18(25-26(17)19)29-10-9-22-30(27,28)16-6-2-5-15(21)12-16/h1-8,11-12,22H,9-10H2. The summed E-state index contributed by atoms with van der Waals surface area (Å²) in [6, 6.07) is 13.7. The first-order valence-electron chi connectivity index (χ1n) is 8.79. The number of ether oxygens (including phenoxy) is 1. The van der Waals surface area contributed by atoms with Crippen molar-refractivity contribution in [3.8, 4) is 17.3 Å². The summed E-state index contributed by atoms with van der Waals surface area (Å²) in [5.74, 6) is -0.524. The third-order valence-electron chi connectivity index (χ3n) is 4.07. The van der Waals surface area contributed by atoms with E-state index >= 15 is 0 Å². The molecule has 2 aromatic carbocycles. The molecule has 1 N–H and O–H groups in total. The van der Waals surface area contributed by atoms with Crippen LogP contribution in [0.5, 0.6) is 5.88 Å². The van der Waals surface area contributed by atoms with Crippen LogP contribution in [0.3, 0.4) is 0 Å². The Balaban J connectivity index is 1.44. The summed E-state index contributed by atoms with van der Waals surface area (Å²) in [4.78, 5) is -0.175.